The minimum Gasteiger partial charge on any atom is -0.352 e. The Labute approximate surface area is 226 Å². The molecule has 2 aromatic carbocycles. The summed E-state index contributed by atoms with van der Waals surface area (Å²) in [6, 6.07) is 7.18. The van der Waals surface area contributed by atoms with Gasteiger partial charge in [0, 0.05) is 40.1 Å². The van der Waals surface area contributed by atoms with Gasteiger partial charge in [-0.3, -0.25) is 19.7 Å². The van der Waals surface area contributed by atoms with Crippen molar-refractivity contribution in [2.45, 2.75) is 59.9 Å². The van der Waals surface area contributed by atoms with E-state index in [4.69, 9.17) is 0 Å². The van der Waals surface area contributed by atoms with Crippen molar-refractivity contribution in [1.29, 1.82) is 0 Å². The molecule has 0 aliphatic carbocycles. The highest BCUT2D eigenvalue weighted by Gasteiger charge is 2.33. The van der Waals surface area contributed by atoms with Crippen molar-refractivity contribution in [2.75, 3.05) is 11.9 Å². The van der Waals surface area contributed by atoms with Crippen LogP contribution in [0.15, 0.2) is 35.7 Å². The summed E-state index contributed by atoms with van der Waals surface area (Å²) in [5.74, 6) is -1.79. The number of halogens is 1. The summed E-state index contributed by atoms with van der Waals surface area (Å²) < 4.78 is 15.1. The summed E-state index contributed by atoms with van der Waals surface area (Å²) in [5, 5.41) is 11.0. The number of aromatic nitrogens is 1. The molecule has 4 bridgehead atoms. The first-order valence-electron chi connectivity index (χ1n) is 12.5. The van der Waals surface area contributed by atoms with Gasteiger partial charge in [-0.15, -0.1) is 11.3 Å². The number of nitrogens with one attached hydrogen (secondary N) is 3. The fourth-order valence-electron chi connectivity index (χ4n) is 4.12. The molecule has 1 atom stereocenters. The lowest BCUT2D eigenvalue weighted by atomic mass is 9.82. The molecule has 1 aromatic heterocycles. The van der Waals surface area contributed by atoms with E-state index >= 15 is 4.39 Å². The maximum atomic E-state index is 15.1. The van der Waals surface area contributed by atoms with Gasteiger partial charge in [0.15, 0.2) is 5.13 Å². The lowest BCUT2D eigenvalue weighted by Gasteiger charge is -2.31. The van der Waals surface area contributed by atoms with Gasteiger partial charge in [-0.1, -0.05) is 40.7 Å². The standard InChI is InChI=1S/C29H33FN4O3S/c1-15-20-11-18(12-22(15)30)25(36)32-16(2)29(6,7)23-13-38-27(33-23)34-26(37)21-10-17(8-9-19(20)21)24(35)31-14-28(3,4)5/h8-13,16H,14H2,1-7H3,(H,31,35)(H,32,36)(H,33,34,37)/t16-/m1/s1. The van der Waals surface area contributed by atoms with Crippen LogP contribution in [0.5, 0.6) is 0 Å². The normalized spacial score (nSPS) is 17.1. The van der Waals surface area contributed by atoms with Crippen molar-refractivity contribution in [3.8, 4) is 11.1 Å². The molecule has 1 aliphatic heterocycles. The van der Waals surface area contributed by atoms with Crippen LogP contribution in [0.1, 0.15) is 83.9 Å². The number of amides is 3. The molecule has 0 spiro atoms. The molecule has 2 heterocycles. The molecule has 0 radical (unpaired) electrons. The Bertz CT molecular complexity index is 1440. The minimum atomic E-state index is -0.568. The van der Waals surface area contributed by atoms with Crippen LogP contribution in [-0.4, -0.2) is 35.3 Å². The number of anilines is 1. The van der Waals surface area contributed by atoms with Gasteiger partial charge < -0.3 is 10.6 Å². The third-order valence-corrected chi connectivity index (χ3v) is 7.77. The zero-order valence-corrected chi connectivity index (χ0v) is 23.5. The number of fused-ring (bicyclic) bond motifs is 6. The quantitative estimate of drug-likeness (QED) is 0.391. The third kappa shape index (κ3) is 5.48. The zero-order valence-electron chi connectivity index (χ0n) is 22.7. The first kappa shape index (κ1) is 27.4. The number of thiazole rings is 1. The molecule has 7 nitrogen and oxygen atoms in total. The van der Waals surface area contributed by atoms with Crippen LogP contribution in [0, 0.1) is 18.2 Å². The fraction of sp³-hybridized carbons (Fsp3) is 0.379. The number of rotatable bonds is 2. The lowest BCUT2D eigenvalue weighted by Crippen LogP contribution is -2.45. The Hall–Kier alpha value is -3.59. The van der Waals surface area contributed by atoms with Crippen LogP contribution in [0.25, 0.3) is 11.1 Å². The van der Waals surface area contributed by atoms with Crippen LogP contribution in [-0.2, 0) is 5.41 Å². The molecular weight excluding hydrogens is 503 g/mol. The molecule has 38 heavy (non-hydrogen) atoms. The first-order chi connectivity index (χ1) is 17.7. The van der Waals surface area contributed by atoms with Crippen molar-refractivity contribution in [1.82, 2.24) is 15.6 Å². The molecule has 3 N–H and O–H groups in total. The van der Waals surface area contributed by atoms with Gasteiger partial charge in [0.1, 0.15) is 5.82 Å². The van der Waals surface area contributed by atoms with Crippen LogP contribution in [0.4, 0.5) is 9.52 Å². The molecule has 0 fully saturated rings. The van der Waals surface area contributed by atoms with Crippen molar-refractivity contribution in [3.63, 3.8) is 0 Å². The highest BCUT2D eigenvalue weighted by molar-refractivity contribution is 7.14. The molecule has 0 saturated carbocycles. The summed E-state index contributed by atoms with van der Waals surface area (Å²) in [6.07, 6.45) is 0. The Kier molecular flexibility index (Phi) is 7.18. The summed E-state index contributed by atoms with van der Waals surface area (Å²) in [5.41, 5.74) is 1.72. The van der Waals surface area contributed by atoms with Gasteiger partial charge in [-0.25, -0.2) is 9.37 Å². The highest BCUT2D eigenvalue weighted by atomic mass is 32.1. The first-order valence-corrected chi connectivity index (χ1v) is 13.4. The summed E-state index contributed by atoms with van der Waals surface area (Å²) in [6.45, 7) is 13.8. The number of benzene rings is 2. The van der Waals surface area contributed by atoms with Gasteiger partial charge in [-0.2, -0.15) is 0 Å². The second-order valence-electron chi connectivity index (χ2n) is 11.5. The van der Waals surface area contributed by atoms with Gasteiger partial charge in [0.05, 0.1) is 5.69 Å². The van der Waals surface area contributed by atoms with Gasteiger partial charge in [0.2, 0.25) is 0 Å². The lowest BCUT2D eigenvalue weighted by molar-refractivity contribution is 0.0919. The van der Waals surface area contributed by atoms with E-state index in [0.29, 0.717) is 34.1 Å². The Morgan fingerprint density at radius 3 is 2.50 bits per heavy atom. The van der Waals surface area contributed by atoms with Gasteiger partial charge in [-0.05, 0) is 60.2 Å². The average Bonchev–Trinajstić information content (AvgIpc) is 3.32. The van der Waals surface area contributed by atoms with E-state index in [1.807, 2.05) is 46.9 Å². The van der Waals surface area contributed by atoms with E-state index in [1.165, 1.54) is 23.5 Å². The third-order valence-electron chi connectivity index (χ3n) is 7.02. The Balaban J connectivity index is 1.89. The smallest absolute Gasteiger partial charge is 0.258 e. The fourth-order valence-corrected chi connectivity index (χ4v) is 5.00. The van der Waals surface area contributed by atoms with Crippen molar-refractivity contribution in [2.24, 2.45) is 5.41 Å². The molecule has 9 heteroatoms. The van der Waals surface area contributed by atoms with Gasteiger partial charge in [0.25, 0.3) is 17.7 Å². The van der Waals surface area contributed by atoms with E-state index in [2.05, 4.69) is 20.9 Å². The van der Waals surface area contributed by atoms with E-state index in [9.17, 15) is 14.4 Å². The predicted molar refractivity (Wildman–Crippen MR) is 148 cm³/mol. The number of nitrogens with zero attached hydrogens (tertiary/aromatic N) is 1. The number of carbonyl (C=O) groups excluding carboxylic acids is 3. The van der Waals surface area contributed by atoms with Crippen LogP contribution in [0.3, 0.4) is 0 Å². The molecule has 0 unspecified atom stereocenters. The molecule has 1 aliphatic rings. The Morgan fingerprint density at radius 2 is 1.82 bits per heavy atom. The SMILES string of the molecule is Cc1c(F)cc2cc1-c1ccc(C(=O)NCC(C)(C)C)cc1C(=O)Nc1nc(cs1)C(C)(C)[C@@H](C)NC2=O. The molecule has 4 rings (SSSR count). The topological polar surface area (TPSA) is 100 Å². The van der Waals surface area contributed by atoms with Crippen LogP contribution < -0.4 is 16.0 Å². The van der Waals surface area contributed by atoms with Crippen LogP contribution in [0.2, 0.25) is 0 Å². The largest absolute Gasteiger partial charge is 0.352 e. The number of carbonyl (C=O) groups is 3. The second kappa shape index (κ2) is 9.94. The van der Waals surface area contributed by atoms with Crippen molar-refractivity contribution >= 4 is 34.2 Å². The van der Waals surface area contributed by atoms with Crippen molar-refractivity contribution in [3.05, 3.63) is 69.5 Å². The summed E-state index contributed by atoms with van der Waals surface area (Å²) in [4.78, 5) is 44.4. The van der Waals surface area contributed by atoms with E-state index in [1.54, 1.807) is 25.1 Å². The van der Waals surface area contributed by atoms with E-state index < -0.39 is 23.0 Å². The average molecular weight is 537 g/mol. The number of hydrogen-bond acceptors (Lipinski definition) is 5. The zero-order chi connectivity index (χ0) is 28.0. The van der Waals surface area contributed by atoms with E-state index in [-0.39, 0.29) is 34.1 Å². The Morgan fingerprint density at radius 1 is 1.11 bits per heavy atom. The molecule has 200 valence electrons. The van der Waals surface area contributed by atoms with Crippen LogP contribution >= 0.6 is 11.3 Å². The molecular formula is C29H33FN4O3S. The van der Waals surface area contributed by atoms with Crippen molar-refractivity contribution < 1.29 is 18.8 Å². The number of hydrogen-bond donors (Lipinski definition) is 3. The molecule has 3 aromatic rings. The maximum absolute atomic E-state index is 15.1. The second-order valence-corrected chi connectivity index (χ2v) is 12.4. The van der Waals surface area contributed by atoms with E-state index in [0.717, 1.165) is 0 Å². The maximum Gasteiger partial charge on any atom is 0.258 e. The molecule has 3 amide bonds. The minimum absolute atomic E-state index is 0.121. The van der Waals surface area contributed by atoms with Gasteiger partial charge >= 0.3 is 0 Å². The highest BCUT2D eigenvalue weighted by Crippen LogP contribution is 2.34. The predicted octanol–water partition coefficient (Wildman–Crippen LogP) is 5.70. The summed E-state index contributed by atoms with van der Waals surface area (Å²) >= 11 is 1.28. The summed E-state index contributed by atoms with van der Waals surface area (Å²) in [7, 11) is 0. The molecule has 0 saturated heterocycles. The monoisotopic (exact) mass is 536 g/mol.